The topological polar surface area (TPSA) is 115 Å². The van der Waals surface area contributed by atoms with Crippen molar-refractivity contribution < 1.29 is 30.0 Å². The predicted molar refractivity (Wildman–Crippen MR) is 420 cm³/mol. The number of allylic oxidation sites excluding steroid dienone is 1. The molecule has 0 aliphatic heterocycles. The molecule has 536 valence electrons. The van der Waals surface area contributed by atoms with E-state index >= 15 is 0 Å². The highest BCUT2D eigenvalue weighted by molar-refractivity contribution is 9.10. The maximum absolute atomic E-state index is 9.85. The Hall–Kier alpha value is -3.37. The Morgan fingerprint density at radius 3 is 1.11 bits per heavy atom. The molecule has 0 aliphatic carbocycles. The van der Waals surface area contributed by atoms with Gasteiger partial charge in [0.2, 0.25) is 0 Å². The van der Waals surface area contributed by atoms with Gasteiger partial charge in [0.05, 0.1) is 26.4 Å². The standard InChI is InChI=1S/C13H20O3.C11H16O.C10H14.C9H11Br.C8H18.2C7H14O.C5H12S.C5H12.C5H10.C4H10/c1-13(2,3)11-4-9(6-14)12(8-16)10(5-11)7-15;1-11(2,3)10-6-4-9(8-12)5-7-10;1-9(2)8-10-6-4-3-5-7-10;1-7(2)8-3-5-9(10)6-4-8;1-4-5-6-7-8(2)3;2*1-7(2,3)5-4-6-8;1-5(2)3-4-6;1-5(2,3)4;1-4-5(2)3;1-4(2)3/h4-5,14-16H,6-8H2,1-3H3;4-7,12H,8H2,1-3H3;3-7,9H,8H2,1-2H3;3-7H,1-2H3;8H,4-7H2,1-3H3;2*6H,4-5H2,1-3H3;5-6H,3-4H2,1-2H3;1-4H3;4-5H,1H2,2-3H3;4H,1-3H3. The first-order chi connectivity index (χ1) is 42.1. The molecule has 0 atom stereocenters. The number of rotatable bonds is 18. The predicted octanol–water partition coefficient (Wildman–Crippen LogP) is 25.1. The highest BCUT2D eigenvalue weighted by atomic mass is 79.9. The molecule has 8 heteroatoms. The zero-order valence-corrected chi connectivity index (χ0v) is 68.1. The second-order valence-corrected chi connectivity index (χ2v) is 33.8. The molecule has 6 nitrogen and oxygen atoms in total. The van der Waals surface area contributed by atoms with Gasteiger partial charge in [-0.3, -0.25) is 0 Å². The summed E-state index contributed by atoms with van der Waals surface area (Å²) >= 11 is 7.45. The van der Waals surface area contributed by atoms with Gasteiger partial charge in [0.1, 0.15) is 12.6 Å². The lowest BCUT2D eigenvalue weighted by Gasteiger charge is -2.22. The van der Waals surface area contributed by atoms with Crippen LogP contribution in [0.15, 0.2) is 108 Å². The molecule has 4 rings (SSSR count). The quantitative estimate of drug-likeness (QED) is 0.0293. The number of carbonyl (C=O) groups is 2. The van der Waals surface area contributed by atoms with Gasteiger partial charge >= 0.3 is 0 Å². The number of unbranched alkanes of at least 4 members (excludes halogenated alkanes) is 2. The maximum Gasteiger partial charge on any atom is 0.120 e. The number of thiol groups is 1. The first-order valence-corrected chi connectivity index (χ1v) is 36.1. The zero-order chi connectivity index (χ0) is 73.5. The van der Waals surface area contributed by atoms with Crippen molar-refractivity contribution in [3.8, 4) is 0 Å². The summed E-state index contributed by atoms with van der Waals surface area (Å²) in [5, 5.41) is 36.6. The summed E-state index contributed by atoms with van der Waals surface area (Å²) in [6.07, 6.45) is 15.3. The Morgan fingerprint density at radius 2 is 0.880 bits per heavy atom. The summed E-state index contributed by atoms with van der Waals surface area (Å²) < 4.78 is 1.15. The number of carbonyl (C=O) groups excluding carboxylic acids is 2. The van der Waals surface area contributed by atoms with Gasteiger partial charge in [0.25, 0.3) is 0 Å². The fourth-order valence-corrected chi connectivity index (χ4v) is 7.58. The molecule has 4 N–H and O–H groups in total. The largest absolute Gasteiger partial charge is 0.392 e. The third kappa shape index (κ3) is 80.9. The molecule has 0 saturated carbocycles. The Labute approximate surface area is 586 Å². The second-order valence-electron chi connectivity index (χ2n) is 32.4. The van der Waals surface area contributed by atoms with E-state index in [2.05, 4.69) is 310 Å². The molecular weight excluding hydrogens is 1220 g/mol. The number of aliphatic hydroxyl groups is 4. The lowest BCUT2D eigenvalue weighted by Crippen LogP contribution is -2.14. The van der Waals surface area contributed by atoms with Crippen LogP contribution < -0.4 is 0 Å². The van der Waals surface area contributed by atoms with Crippen molar-refractivity contribution >= 4 is 41.1 Å². The molecule has 0 saturated heterocycles. The Balaban J connectivity index is -0.000000177. The van der Waals surface area contributed by atoms with E-state index in [0.29, 0.717) is 57.6 Å². The van der Waals surface area contributed by atoms with Crippen LogP contribution in [0.1, 0.15) is 316 Å². The molecule has 0 radical (unpaired) electrons. The molecule has 0 aromatic heterocycles. The van der Waals surface area contributed by atoms with Crippen LogP contribution in [-0.2, 0) is 53.3 Å². The summed E-state index contributed by atoms with van der Waals surface area (Å²) in [5.41, 5.74) is 9.50. The molecule has 0 fully saturated rings. The molecule has 4 aromatic rings. The van der Waals surface area contributed by atoms with Crippen LogP contribution in [0, 0.1) is 45.8 Å². The summed E-state index contributed by atoms with van der Waals surface area (Å²) in [4.78, 5) is 19.7. The first-order valence-electron chi connectivity index (χ1n) is 34.7. The van der Waals surface area contributed by atoms with Crippen molar-refractivity contribution in [2.45, 2.75) is 315 Å². The average molecular weight is 1370 g/mol. The lowest BCUT2D eigenvalue weighted by molar-refractivity contribution is -0.109. The van der Waals surface area contributed by atoms with Gasteiger partial charge in [-0.15, -0.1) is 6.58 Å². The van der Waals surface area contributed by atoms with Crippen molar-refractivity contribution in [2.24, 2.45) is 45.8 Å². The van der Waals surface area contributed by atoms with E-state index in [0.717, 1.165) is 70.4 Å². The SMILES string of the molecule is C=CC(C)C.CC(C)(C)C.CC(C)(C)CCC=O.CC(C)(C)CCC=O.CC(C)(C)c1cc(CO)c(CO)c(CO)c1.CC(C)(C)c1ccc(CO)cc1.CC(C)C.CC(C)CCS.CC(C)Cc1ccccc1.CC(C)c1ccc(Br)cc1.CCCCCC(C)C. The van der Waals surface area contributed by atoms with Crippen LogP contribution in [0.3, 0.4) is 0 Å². The van der Waals surface area contributed by atoms with Gasteiger partial charge in [0.15, 0.2) is 0 Å². The molecule has 0 heterocycles. The van der Waals surface area contributed by atoms with E-state index in [1.165, 1.54) is 55.2 Å². The minimum absolute atomic E-state index is 0.0399. The number of benzene rings is 4. The Morgan fingerprint density at radius 1 is 0.500 bits per heavy atom. The van der Waals surface area contributed by atoms with Crippen molar-refractivity contribution in [3.63, 3.8) is 0 Å². The summed E-state index contributed by atoms with van der Waals surface area (Å²) in [6, 6.07) is 30.9. The number of aldehydes is 2. The van der Waals surface area contributed by atoms with Gasteiger partial charge < -0.3 is 30.0 Å². The van der Waals surface area contributed by atoms with E-state index in [9.17, 15) is 24.9 Å². The third-order valence-electron chi connectivity index (χ3n) is 12.4. The van der Waals surface area contributed by atoms with Crippen LogP contribution in [0.4, 0.5) is 0 Å². The summed E-state index contributed by atoms with van der Waals surface area (Å²) in [5.74, 6) is 5.63. The van der Waals surface area contributed by atoms with Gasteiger partial charge in [-0.2, -0.15) is 12.6 Å². The van der Waals surface area contributed by atoms with Gasteiger partial charge in [0, 0.05) is 17.3 Å². The minimum atomic E-state index is -0.157. The summed E-state index contributed by atoms with van der Waals surface area (Å²) in [6.45, 7) is 68.4. The summed E-state index contributed by atoms with van der Waals surface area (Å²) in [7, 11) is 0. The molecule has 0 aliphatic rings. The van der Waals surface area contributed by atoms with E-state index in [4.69, 9.17) is 5.11 Å². The average Bonchev–Trinajstić information content (AvgIpc) is 0.915. The van der Waals surface area contributed by atoms with Crippen molar-refractivity contribution in [3.05, 3.63) is 153 Å². The zero-order valence-electron chi connectivity index (χ0n) is 65.6. The highest BCUT2D eigenvalue weighted by Gasteiger charge is 2.18. The molecule has 0 bridgehead atoms. The monoisotopic (exact) mass is 1370 g/mol. The normalized spacial score (nSPS) is 10.9. The van der Waals surface area contributed by atoms with Gasteiger partial charge in [-0.1, -0.05) is 334 Å². The van der Waals surface area contributed by atoms with Gasteiger partial charge in [-0.25, -0.2) is 0 Å². The Bertz CT molecular complexity index is 2190. The van der Waals surface area contributed by atoms with Crippen molar-refractivity contribution in [1.82, 2.24) is 0 Å². The van der Waals surface area contributed by atoms with E-state index in [1.807, 2.05) is 30.3 Å². The van der Waals surface area contributed by atoms with Crippen LogP contribution in [0.5, 0.6) is 0 Å². The van der Waals surface area contributed by atoms with Crippen LogP contribution in [0.25, 0.3) is 0 Å². The minimum Gasteiger partial charge on any atom is -0.392 e. The van der Waals surface area contributed by atoms with Gasteiger partial charge in [-0.05, 0) is 151 Å². The molecule has 0 amide bonds. The van der Waals surface area contributed by atoms with Crippen LogP contribution in [-0.4, -0.2) is 38.8 Å². The fraction of sp³-hybridized carbons (Fsp3) is 0.667. The van der Waals surface area contributed by atoms with E-state index in [-0.39, 0.29) is 37.3 Å². The van der Waals surface area contributed by atoms with Crippen molar-refractivity contribution in [1.29, 1.82) is 0 Å². The maximum atomic E-state index is 9.85. The molecule has 4 aromatic carbocycles. The number of hydrogen-bond acceptors (Lipinski definition) is 7. The lowest BCUT2D eigenvalue weighted by atomic mass is 9.83. The first kappa shape index (κ1) is 102. The fourth-order valence-electron chi connectivity index (χ4n) is 6.80. The van der Waals surface area contributed by atoms with Crippen molar-refractivity contribution in [2.75, 3.05) is 5.75 Å². The number of halogens is 1. The molecule has 0 spiro atoms. The van der Waals surface area contributed by atoms with E-state index in [1.54, 1.807) is 0 Å². The van der Waals surface area contributed by atoms with Crippen LogP contribution in [0.2, 0.25) is 0 Å². The molecule has 0 unspecified atom stereocenters. The van der Waals surface area contributed by atoms with E-state index < -0.39 is 0 Å². The third-order valence-corrected chi connectivity index (χ3v) is 13.2. The number of aliphatic hydroxyl groups excluding tert-OH is 4. The molecular formula is C84H151BrO6S. The second kappa shape index (κ2) is 60.1. The van der Waals surface area contributed by atoms with Crippen LogP contribution >= 0.6 is 28.6 Å². The Kier molecular flexibility index (Phi) is 66.7. The molecule has 92 heavy (non-hydrogen) atoms. The smallest absolute Gasteiger partial charge is 0.120 e. The highest BCUT2D eigenvalue weighted by Crippen LogP contribution is 2.28. The number of hydrogen-bond donors (Lipinski definition) is 5.